The smallest absolute Gasteiger partial charge is 0.200 e. The minimum absolute atomic E-state index is 0.320. The molecule has 0 aromatic carbocycles. The molecule has 0 amide bonds. The Labute approximate surface area is 99.3 Å². The third-order valence-electron chi connectivity index (χ3n) is 3.11. The first-order valence-corrected chi connectivity index (χ1v) is 6.19. The second-order valence-corrected chi connectivity index (χ2v) is 5.01. The van der Waals surface area contributed by atoms with Gasteiger partial charge in [0.25, 0.3) is 0 Å². The highest BCUT2D eigenvalue weighted by Gasteiger charge is 2.37. The van der Waals surface area contributed by atoms with Crippen molar-refractivity contribution < 1.29 is 0 Å². The van der Waals surface area contributed by atoms with Crippen LogP contribution in [-0.4, -0.2) is 39.7 Å². The van der Waals surface area contributed by atoms with Gasteiger partial charge in [0.15, 0.2) is 0 Å². The SMILES string of the molecule is ClC1=NC(Cl)N2CCCN(C3CC3)C2=C1. The average molecular weight is 246 g/mol. The minimum atomic E-state index is -0.320. The van der Waals surface area contributed by atoms with Crippen molar-refractivity contribution in [2.24, 2.45) is 4.99 Å². The van der Waals surface area contributed by atoms with Crippen LogP contribution in [0.5, 0.6) is 0 Å². The summed E-state index contributed by atoms with van der Waals surface area (Å²) in [5.74, 6) is 1.17. The quantitative estimate of drug-likeness (QED) is 0.521. The molecule has 1 saturated carbocycles. The summed E-state index contributed by atoms with van der Waals surface area (Å²) in [6.07, 6.45) is 5.70. The maximum atomic E-state index is 6.16. The molecule has 0 bridgehead atoms. The lowest BCUT2D eigenvalue weighted by Gasteiger charge is -2.43. The Kier molecular flexibility index (Phi) is 2.33. The van der Waals surface area contributed by atoms with Crippen LogP contribution < -0.4 is 0 Å². The lowest BCUT2D eigenvalue weighted by molar-refractivity contribution is 0.141. The third kappa shape index (κ3) is 1.72. The van der Waals surface area contributed by atoms with Crippen LogP contribution in [0.3, 0.4) is 0 Å². The van der Waals surface area contributed by atoms with Crippen LogP contribution >= 0.6 is 23.2 Å². The van der Waals surface area contributed by atoms with Crippen LogP contribution in [0.15, 0.2) is 16.9 Å². The molecular formula is C10H13Cl2N3. The predicted octanol–water partition coefficient (Wildman–Crippen LogP) is 2.17. The molecule has 3 aliphatic rings. The van der Waals surface area contributed by atoms with E-state index in [1.807, 2.05) is 6.08 Å². The number of hydrogen-bond acceptors (Lipinski definition) is 3. The number of rotatable bonds is 1. The van der Waals surface area contributed by atoms with Gasteiger partial charge in [-0.15, -0.1) is 0 Å². The molecule has 5 heteroatoms. The van der Waals surface area contributed by atoms with Crippen molar-refractivity contribution in [1.29, 1.82) is 0 Å². The van der Waals surface area contributed by atoms with Gasteiger partial charge in [-0.2, -0.15) is 0 Å². The second kappa shape index (κ2) is 3.56. The molecule has 0 radical (unpaired) electrons. The van der Waals surface area contributed by atoms with Gasteiger partial charge in [-0.05, 0) is 19.3 Å². The maximum absolute atomic E-state index is 6.16. The van der Waals surface area contributed by atoms with E-state index in [0.717, 1.165) is 19.5 Å². The summed E-state index contributed by atoms with van der Waals surface area (Å²) in [5.41, 5.74) is -0.320. The van der Waals surface area contributed by atoms with E-state index >= 15 is 0 Å². The lowest BCUT2D eigenvalue weighted by atomic mass is 10.2. The number of allylic oxidation sites excluding steroid dienone is 1. The van der Waals surface area contributed by atoms with Gasteiger partial charge < -0.3 is 9.80 Å². The standard InChI is InChI=1S/C10H13Cl2N3/c11-8-6-9-14(7-2-3-7)4-1-5-15(9)10(12)13-8/h6-7,10H,1-5H2. The van der Waals surface area contributed by atoms with Crippen molar-refractivity contribution in [2.45, 2.75) is 30.9 Å². The molecule has 0 spiro atoms. The van der Waals surface area contributed by atoms with Crippen molar-refractivity contribution in [1.82, 2.24) is 9.80 Å². The Bertz CT molecular complexity index is 336. The largest absolute Gasteiger partial charge is 0.355 e. The van der Waals surface area contributed by atoms with E-state index in [0.29, 0.717) is 11.2 Å². The van der Waals surface area contributed by atoms with E-state index < -0.39 is 0 Å². The first-order valence-electron chi connectivity index (χ1n) is 5.38. The van der Waals surface area contributed by atoms with Gasteiger partial charge in [0, 0.05) is 25.2 Å². The predicted molar refractivity (Wildman–Crippen MR) is 62.1 cm³/mol. The van der Waals surface area contributed by atoms with Crippen molar-refractivity contribution in [3.63, 3.8) is 0 Å². The van der Waals surface area contributed by atoms with Gasteiger partial charge in [-0.25, -0.2) is 4.99 Å². The molecule has 0 N–H and O–H groups in total. The van der Waals surface area contributed by atoms with Gasteiger partial charge in [-0.3, -0.25) is 0 Å². The van der Waals surface area contributed by atoms with Gasteiger partial charge in [0.2, 0.25) is 5.62 Å². The maximum Gasteiger partial charge on any atom is 0.200 e. The van der Waals surface area contributed by atoms with Crippen LogP contribution in [0.25, 0.3) is 0 Å². The molecule has 0 aromatic heterocycles. The lowest BCUT2D eigenvalue weighted by Crippen LogP contribution is -2.47. The molecule has 2 fully saturated rings. The molecule has 15 heavy (non-hydrogen) atoms. The Morgan fingerprint density at radius 1 is 1.27 bits per heavy atom. The van der Waals surface area contributed by atoms with Crippen molar-refractivity contribution >= 4 is 28.4 Å². The highest BCUT2D eigenvalue weighted by molar-refractivity contribution is 6.68. The third-order valence-corrected chi connectivity index (χ3v) is 3.65. The number of hydrogen-bond donors (Lipinski definition) is 0. The van der Waals surface area contributed by atoms with Crippen molar-refractivity contribution in [2.75, 3.05) is 13.1 Å². The average Bonchev–Trinajstić information content (AvgIpc) is 3.00. The van der Waals surface area contributed by atoms with Crippen LogP contribution in [-0.2, 0) is 0 Å². The van der Waals surface area contributed by atoms with Gasteiger partial charge in [-0.1, -0.05) is 23.2 Å². The van der Waals surface area contributed by atoms with Crippen molar-refractivity contribution in [3.05, 3.63) is 11.9 Å². The zero-order valence-corrected chi connectivity index (χ0v) is 9.88. The fraction of sp³-hybridized carbons (Fsp3) is 0.700. The molecule has 3 nitrogen and oxygen atoms in total. The summed E-state index contributed by atoms with van der Waals surface area (Å²) in [6, 6.07) is 0.713. The molecule has 1 atom stereocenters. The van der Waals surface area contributed by atoms with E-state index in [-0.39, 0.29) is 5.62 Å². The molecule has 1 saturated heterocycles. The van der Waals surface area contributed by atoms with Crippen LogP contribution in [0.2, 0.25) is 0 Å². The summed E-state index contributed by atoms with van der Waals surface area (Å²) in [4.78, 5) is 8.71. The number of nitrogens with zero attached hydrogens (tertiary/aromatic N) is 3. The second-order valence-electron chi connectivity index (χ2n) is 4.24. The monoisotopic (exact) mass is 245 g/mol. The van der Waals surface area contributed by atoms with Crippen LogP contribution in [0, 0.1) is 0 Å². The van der Waals surface area contributed by atoms with E-state index in [1.54, 1.807) is 0 Å². The zero-order valence-electron chi connectivity index (χ0n) is 8.37. The molecular weight excluding hydrogens is 233 g/mol. The molecule has 3 rings (SSSR count). The van der Waals surface area contributed by atoms with Gasteiger partial charge in [0.1, 0.15) is 11.0 Å². The number of aliphatic imine (C=N–C) groups is 1. The molecule has 82 valence electrons. The Balaban J connectivity index is 1.91. The topological polar surface area (TPSA) is 18.8 Å². The highest BCUT2D eigenvalue weighted by Crippen LogP contribution is 2.36. The summed E-state index contributed by atoms with van der Waals surface area (Å²) in [5, 5.41) is 0.522. The Hall–Kier alpha value is -0.410. The van der Waals surface area contributed by atoms with Gasteiger partial charge >= 0.3 is 0 Å². The fourth-order valence-corrected chi connectivity index (χ4v) is 2.80. The Morgan fingerprint density at radius 2 is 2.00 bits per heavy atom. The highest BCUT2D eigenvalue weighted by atomic mass is 35.5. The van der Waals surface area contributed by atoms with E-state index in [9.17, 15) is 0 Å². The van der Waals surface area contributed by atoms with E-state index in [2.05, 4.69) is 14.8 Å². The normalized spacial score (nSPS) is 30.9. The first kappa shape index (κ1) is 9.79. The number of alkyl halides is 1. The van der Waals surface area contributed by atoms with Crippen LogP contribution in [0.1, 0.15) is 19.3 Å². The number of halogens is 2. The van der Waals surface area contributed by atoms with E-state index in [4.69, 9.17) is 23.2 Å². The Morgan fingerprint density at radius 3 is 2.73 bits per heavy atom. The van der Waals surface area contributed by atoms with Crippen LogP contribution in [0.4, 0.5) is 0 Å². The van der Waals surface area contributed by atoms with E-state index in [1.165, 1.54) is 18.7 Å². The molecule has 1 aliphatic carbocycles. The molecule has 0 aromatic rings. The van der Waals surface area contributed by atoms with Gasteiger partial charge in [0.05, 0.1) is 0 Å². The number of fused-ring (bicyclic) bond motifs is 1. The minimum Gasteiger partial charge on any atom is -0.355 e. The molecule has 2 aliphatic heterocycles. The zero-order chi connectivity index (χ0) is 10.4. The summed E-state index contributed by atoms with van der Waals surface area (Å²) in [6.45, 7) is 2.11. The summed E-state index contributed by atoms with van der Waals surface area (Å²) >= 11 is 12.1. The summed E-state index contributed by atoms with van der Waals surface area (Å²) in [7, 11) is 0. The molecule has 2 heterocycles. The summed E-state index contributed by atoms with van der Waals surface area (Å²) < 4.78 is 0. The fourth-order valence-electron chi connectivity index (χ4n) is 2.26. The first-order chi connectivity index (χ1) is 7.25. The van der Waals surface area contributed by atoms with Crippen molar-refractivity contribution in [3.8, 4) is 0 Å². The molecule has 1 unspecified atom stereocenters.